The molecule has 1 aliphatic heterocycles. The normalized spacial score (nSPS) is 14.3. The van der Waals surface area contributed by atoms with Crippen molar-refractivity contribution < 1.29 is 19.1 Å². The zero-order chi connectivity index (χ0) is 29.2. The fraction of sp³-hybridized carbons (Fsp3) is 0.469. The van der Waals surface area contributed by atoms with Gasteiger partial charge in [0.25, 0.3) is 0 Å². The molecule has 1 fully saturated rings. The number of anilines is 2. The molecule has 0 saturated carbocycles. The van der Waals surface area contributed by atoms with Crippen molar-refractivity contribution in [3.05, 3.63) is 58.7 Å². The van der Waals surface area contributed by atoms with E-state index in [1.165, 1.54) is 18.2 Å². The molecular weight excluding hydrogens is 504 g/mol. The monoisotopic (exact) mass is 544 g/mol. The minimum absolute atomic E-state index is 0.0150. The van der Waals surface area contributed by atoms with Crippen LogP contribution < -0.4 is 4.90 Å². The van der Waals surface area contributed by atoms with Gasteiger partial charge in [0.15, 0.2) is 0 Å². The number of aryl methyl sites for hydroxylation is 1. The Kier molecular flexibility index (Phi) is 8.43. The van der Waals surface area contributed by atoms with Crippen LogP contribution in [-0.4, -0.2) is 53.8 Å². The van der Waals surface area contributed by atoms with E-state index in [9.17, 15) is 14.9 Å². The Morgan fingerprint density at radius 2 is 1.85 bits per heavy atom. The second kappa shape index (κ2) is 11.6. The maximum Gasteiger partial charge on any atom is 0.410 e. The Bertz CT molecular complexity index is 1440. The average molecular weight is 545 g/mol. The zero-order valence-electron chi connectivity index (χ0n) is 24.6. The van der Waals surface area contributed by atoms with Gasteiger partial charge in [0.2, 0.25) is 0 Å². The molecule has 0 unspecified atom stereocenters. The fourth-order valence-corrected chi connectivity index (χ4v) is 5.56. The third-order valence-corrected chi connectivity index (χ3v) is 7.43. The predicted molar refractivity (Wildman–Crippen MR) is 157 cm³/mol. The van der Waals surface area contributed by atoms with Crippen molar-refractivity contribution in [1.82, 2.24) is 9.88 Å². The lowest BCUT2D eigenvalue weighted by atomic mass is 9.85. The summed E-state index contributed by atoms with van der Waals surface area (Å²) < 4.78 is 10.8. The van der Waals surface area contributed by atoms with Crippen molar-refractivity contribution in [2.75, 3.05) is 25.1 Å². The van der Waals surface area contributed by atoms with E-state index >= 15 is 0 Å². The highest BCUT2D eigenvalue weighted by molar-refractivity contribution is 6.10. The van der Waals surface area contributed by atoms with Crippen molar-refractivity contribution in [3.8, 4) is 6.07 Å². The number of rotatable bonds is 6. The van der Waals surface area contributed by atoms with Gasteiger partial charge in [0, 0.05) is 35.7 Å². The van der Waals surface area contributed by atoms with Gasteiger partial charge in [-0.15, -0.1) is 0 Å². The van der Waals surface area contributed by atoms with Gasteiger partial charge in [-0.25, -0.2) is 9.59 Å². The number of aromatic amines is 1. The molecule has 1 N–H and O–H groups in total. The standard InChI is InChI=1S/C32H40N4O4/c1-8-22-10-11-24(18-26(22)23-13-15-35(16-14-23)31(38)40-32(4,5)6)36(20(2)3)29-28(30(37)39-7)25-12-9-21(19-33)17-27(25)34-29/h9-12,17-18,20,23,34H,8,13-16H2,1-7H3. The number of aromatic nitrogens is 1. The number of likely N-dealkylation sites (tertiary alicyclic amines) is 1. The molecule has 0 radical (unpaired) electrons. The third kappa shape index (κ3) is 5.94. The van der Waals surface area contributed by atoms with Gasteiger partial charge in [-0.2, -0.15) is 5.26 Å². The largest absolute Gasteiger partial charge is 0.465 e. The number of hydrogen-bond donors (Lipinski definition) is 1. The highest BCUT2D eigenvalue weighted by Gasteiger charge is 2.30. The smallest absolute Gasteiger partial charge is 0.410 e. The van der Waals surface area contributed by atoms with E-state index in [1.807, 2.05) is 20.8 Å². The molecule has 2 aromatic carbocycles. The van der Waals surface area contributed by atoms with Crippen LogP contribution >= 0.6 is 0 Å². The lowest BCUT2D eigenvalue weighted by molar-refractivity contribution is 0.0204. The molecular formula is C32H40N4O4. The molecule has 8 nitrogen and oxygen atoms in total. The van der Waals surface area contributed by atoms with Gasteiger partial charge in [-0.05, 0) is 95.2 Å². The van der Waals surface area contributed by atoms with E-state index in [-0.39, 0.29) is 12.1 Å². The Balaban J connectivity index is 1.72. The van der Waals surface area contributed by atoms with Crippen LogP contribution in [0.5, 0.6) is 0 Å². The number of nitrogens with zero attached hydrogens (tertiary/aromatic N) is 3. The van der Waals surface area contributed by atoms with E-state index in [0.717, 1.165) is 24.9 Å². The molecule has 0 spiro atoms. The highest BCUT2D eigenvalue weighted by atomic mass is 16.6. The van der Waals surface area contributed by atoms with Crippen LogP contribution in [0.1, 0.15) is 87.4 Å². The Hall–Kier alpha value is -3.99. The summed E-state index contributed by atoms with van der Waals surface area (Å²) >= 11 is 0. The van der Waals surface area contributed by atoms with Crippen molar-refractivity contribution >= 4 is 34.5 Å². The molecule has 0 aliphatic carbocycles. The summed E-state index contributed by atoms with van der Waals surface area (Å²) in [5, 5.41) is 10.1. The SMILES string of the molecule is CCc1ccc(N(c2[nH]c3cc(C#N)ccc3c2C(=O)OC)C(C)C)cc1C1CCN(C(=O)OC(C)(C)C)CC1. The van der Waals surface area contributed by atoms with Gasteiger partial charge in [-0.3, -0.25) is 0 Å². The Labute approximate surface area is 236 Å². The van der Waals surface area contributed by atoms with E-state index in [4.69, 9.17) is 9.47 Å². The van der Waals surface area contributed by atoms with Crippen molar-refractivity contribution in [3.63, 3.8) is 0 Å². The second-order valence-corrected chi connectivity index (χ2v) is 11.7. The molecule has 1 amide bonds. The maximum atomic E-state index is 13.0. The molecule has 8 heteroatoms. The fourth-order valence-electron chi connectivity index (χ4n) is 5.56. The van der Waals surface area contributed by atoms with Crippen LogP contribution in [0.4, 0.5) is 16.3 Å². The summed E-state index contributed by atoms with van der Waals surface area (Å²) in [6.45, 7) is 13.3. The first-order valence-electron chi connectivity index (χ1n) is 14.0. The van der Waals surface area contributed by atoms with Crippen LogP contribution in [0.25, 0.3) is 10.9 Å². The molecule has 1 saturated heterocycles. The molecule has 3 aromatic rings. The number of carbonyl (C=O) groups is 2. The topological polar surface area (TPSA) is 98.7 Å². The first-order valence-corrected chi connectivity index (χ1v) is 14.0. The van der Waals surface area contributed by atoms with E-state index in [2.05, 4.69) is 54.9 Å². The lowest BCUT2D eigenvalue weighted by Crippen LogP contribution is -2.41. The van der Waals surface area contributed by atoms with Gasteiger partial charge >= 0.3 is 12.1 Å². The van der Waals surface area contributed by atoms with E-state index in [1.54, 1.807) is 23.1 Å². The summed E-state index contributed by atoms with van der Waals surface area (Å²) in [6.07, 6.45) is 2.36. The van der Waals surface area contributed by atoms with Gasteiger partial charge in [0.05, 0.1) is 18.7 Å². The lowest BCUT2D eigenvalue weighted by Gasteiger charge is -2.35. The van der Waals surface area contributed by atoms with Gasteiger partial charge in [0.1, 0.15) is 17.0 Å². The number of esters is 1. The molecule has 212 valence electrons. The molecule has 40 heavy (non-hydrogen) atoms. The summed E-state index contributed by atoms with van der Waals surface area (Å²) in [6, 6.07) is 14.0. The summed E-state index contributed by atoms with van der Waals surface area (Å²) in [5.41, 5.74) is 4.68. The molecule has 0 atom stereocenters. The second-order valence-electron chi connectivity index (χ2n) is 11.7. The number of fused-ring (bicyclic) bond motifs is 1. The maximum absolute atomic E-state index is 13.0. The number of H-pyrrole nitrogens is 1. The third-order valence-electron chi connectivity index (χ3n) is 7.43. The molecule has 4 rings (SSSR count). The minimum atomic E-state index is -0.514. The summed E-state index contributed by atoms with van der Waals surface area (Å²) in [5.74, 6) is 0.516. The predicted octanol–water partition coefficient (Wildman–Crippen LogP) is 7.05. The van der Waals surface area contributed by atoms with Gasteiger partial charge in [-0.1, -0.05) is 19.1 Å². The first-order chi connectivity index (χ1) is 19.0. The van der Waals surface area contributed by atoms with Crippen LogP contribution in [0, 0.1) is 11.3 Å². The average Bonchev–Trinajstić information content (AvgIpc) is 3.29. The molecule has 1 aromatic heterocycles. The Morgan fingerprint density at radius 3 is 2.42 bits per heavy atom. The number of hydrogen-bond acceptors (Lipinski definition) is 6. The van der Waals surface area contributed by atoms with Crippen molar-refractivity contribution in [2.24, 2.45) is 0 Å². The number of benzene rings is 2. The molecule has 2 heterocycles. The zero-order valence-corrected chi connectivity index (χ0v) is 24.6. The number of ether oxygens (including phenoxy) is 2. The van der Waals surface area contributed by atoms with E-state index in [0.29, 0.717) is 46.9 Å². The van der Waals surface area contributed by atoms with Crippen LogP contribution in [-0.2, 0) is 15.9 Å². The molecule has 1 aliphatic rings. The summed E-state index contributed by atoms with van der Waals surface area (Å²) in [7, 11) is 1.38. The number of amides is 1. The van der Waals surface area contributed by atoms with Gasteiger partial charge < -0.3 is 24.3 Å². The number of methoxy groups -OCH3 is 1. The summed E-state index contributed by atoms with van der Waals surface area (Å²) in [4.78, 5) is 33.0. The van der Waals surface area contributed by atoms with Crippen molar-refractivity contribution in [1.29, 1.82) is 5.26 Å². The number of carbonyl (C=O) groups excluding carboxylic acids is 2. The number of piperidine rings is 1. The molecule has 0 bridgehead atoms. The quantitative estimate of drug-likeness (QED) is 0.334. The van der Waals surface area contributed by atoms with Crippen LogP contribution in [0.2, 0.25) is 0 Å². The van der Waals surface area contributed by atoms with Crippen LogP contribution in [0.15, 0.2) is 36.4 Å². The number of nitriles is 1. The highest BCUT2D eigenvalue weighted by Crippen LogP contribution is 2.39. The van der Waals surface area contributed by atoms with Crippen molar-refractivity contribution in [2.45, 2.75) is 78.4 Å². The Morgan fingerprint density at radius 1 is 1.15 bits per heavy atom. The first kappa shape index (κ1) is 29.0. The van der Waals surface area contributed by atoms with E-state index < -0.39 is 11.6 Å². The number of nitrogens with one attached hydrogen (secondary N) is 1. The minimum Gasteiger partial charge on any atom is -0.465 e. The van der Waals surface area contributed by atoms with Crippen LogP contribution in [0.3, 0.4) is 0 Å².